The van der Waals surface area contributed by atoms with Gasteiger partial charge in [0, 0.05) is 18.3 Å². The number of nitrogens with one attached hydrogen (secondary N) is 1. The van der Waals surface area contributed by atoms with Crippen LogP contribution in [-0.2, 0) is 6.54 Å². The third-order valence-electron chi connectivity index (χ3n) is 2.46. The third-order valence-corrected chi connectivity index (χ3v) is 2.46. The molecule has 1 aromatic carbocycles. The molecule has 0 spiro atoms. The van der Waals surface area contributed by atoms with Gasteiger partial charge >= 0.3 is 0 Å². The van der Waals surface area contributed by atoms with E-state index in [-0.39, 0.29) is 11.6 Å². The number of nitrogens with two attached hydrogens (primary N) is 1. The second kappa shape index (κ2) is 5.43. The molecule has 1 amide bonds. The summed E-state index contributed by atoms with van der Waals surface area (Å²) in [6.07, 6.45) is 0. The Bertz CT molecular complexity index is 598. The Morgan fingerprint density at radius 1 is 1.32 bits per heavy atom. The van der Waals surface area contributed by atoms with E-state index >= 15 is 0 Å². The van der Waals surface area contributed by atoms with Gasteiger partial charge in [-0.15, -0.1) is 0 Å². The van der Waals surface area contributed by atoms with Crippen LogP contribution in [0.25, 0.3) is 0 Å². The first kappa shape index (κ1) is 12.9. The maximum Gasteiger partial charge on any atom is 0.286 e. The van der Waals surface area contributed by atoms with Crippen molar-refractivity contribution >= 4 is 11.7 Å². The molecule has 0 aliphatic carbocycles. The summed E-state index contributed by atoms with van der Waals surface area (Å²) in [5.74, 6) is -0.474. The number of carbonyl (C=O) groups excluding carboxylic acids is 1. The molecule has 0 atom stereocenters. The number of aromatic nitrogens is 2. The van der Waals surface area contributed by atoms with Crippen molar-refractivity contribution in [2.45, 2.75) is 13.5 Å². The molecular formula is C13H13FN4O. The van der Waals surface area contributed by atoms with Crippen LogP contribution in [0.5, 0.6) is 0 Å². The molecule has 0 saturated heterocycles. The van der Waals surface area contributed by atoms with Crippen molar-refractivity contribution in [3.8, 4) is 0 Å². The van der Waals surface area contributed by atoms with Gasteiger partial charge in [0.05, 0.1) is 0 Å². The van der Waals surface area contributed by atoms with E-state index in [4.69, 9.17) is 5.73 Å². The summed E-state index contributed by atoms with van der Waals surface area (Å²) < 4.78 is 12.8. The molecule has 5 nitrogen and oxygen atoms in total. The van der Waals surface area contributed by atoms with Crippen LogP contribution in [0, 0.1) is 12.7 Å². The number of carbonyl (C=O) groups is 1. The predicted octanol–water partition coefficient (Wildman–Crippen LogP) is 1.64. The largest absolute Gasteiger partial charge is 0.366 e. The highest BCUT2D eigenvalue weighted by molar-refractivity contribution is 5.89. The number of primary amides is 1. The molecule has 6 heteroatoms. The van der Waals surface area contributed by atoms with Crippen molar-refractivity contribution in [2.75, 3.05) is 5.32 Å². The molecule has 0 unspecified atom stereocenters. The van der Waals surface area contributed by atoms with E-state index in [9.17, 15) is 9.18 Å². The molecule has 0 aliphatic rings. The van der Waals surface area contributed by atoms with Gasteiger partial charge in [0.25, 0.3) is 5.91 Å². The Kier molecular flexibility index (Phi) is 3.70. The van der Waals surface area contributed by atoms with Crippen molar-refractivity contribution in [1.29, 1.82) is 0 Å². The van der Waals surface area contributed by atoms with Crippen LogP contribution < -0.4 is 11.1 Å². The summed E-state index contributed by atoms with van der Waals surface area (Å²) in [5.41, 5.74) is 6.69. The van der Waals surface area contributed by atoms with Crippen LogP contribution in [0.1, 0.15) is 21.9 Å². The second-order valence-corrected chi connectivity index (χ2v) is 4.06. The van der Waals surface area contributed by atoms with E-state index in [2.05, 4.69) is 15.3 Å². The molecule has 0 radical (unpaired) electrons. The lowest BCUT2D eigenvalue weighted by molar-refractivity contribution is 0.0990. The Morgan fingerprint density at radius 3 is 2.63 bits per heavy atom. The van der Waals surface area contributed by atoms with Gasteiger partial charge in [0.1, 0.15) is 11.6 Å². The molecular weight excluding hydrogens is 247 g/mol. The van der Waals surface area contributed by atoms with Crippen molar-refractivity contribution in [2.24, 2.45) is 5.73 Å². The van der Waals surface area contributed by atoms with E-state index in [1.54, 1.807) is 25.1 Å². The maximum absolute atomic E-state index is 12.8. The Hall–Kier alpha value is -2.50. The van der Waals surface area contributed by atoms with E-state index in [1.165, 1.54) is 12.1 Å². The number of amides is 1. The quantitative estimate of drug-likeness (QED) is 0.875. The molecule has 1 aromatic heterocycles. The third kappa shape index (κ3) is 3.48. The first-order valence-electron chi connectivity index (χ1n) is 5.68. The van der Waals surface area contributed by atoms with Gasteiger partial charge in [0.15, 0.2) is 0 Å². The predicted molar refractivity (Wildman–Crippen MR) is 69.0 cm³/mol. The summed E-state index contributed by atoms with van der Waals surface area (Å²) in [7, 11) is 0. The summed E-state index contributed by atoms with van der Waals surface area (Å²) in [6, 6.07) is 7.82. The Labute approximate surface area is 109 Å². The van der Waals surface area contributed by atoms with Gasteiger partial charge in [-0.25, -0.2) is 14.4 Å². The topological polar surface area (TPSA) is 80.9 Å². The first-order valence-corrected chi connectivity index (χ1v) is 5.68. The van der Waals surface area contributed by atoms with Gasteiger partial charge in [-0.1, -0.05) is 12.1 Å². The fraction of sp³-hybridized carbons (Fsp3) is 0.154. The van der Waals surface area contributed by atoms with E-state index < -0.39 is 5.91 Å². The number of aryl methyl sites for hydroxylation is 1. The van der Waals surface area contributed by atoms with Gasteiger partial charge in [-0.3, -0.25) is 4.79 Å². The number of hydrogen-bond acceptors (Lipinski definition) is 4. The Balaban J connectivity index is 2.11. The van der Waals surface area contributed by atoms with Crippen molar-refractivity contribution in [3.63, 3.8) is 0 Å². The van der Waals surface area contributed by atoms with Gasteiger partial charge in [-0.05, 0) is 24.6 Å². The molecule has 0 saturated carbocycles. The number of anilines is 1. The minimum absolute atomic E-state index is 0.0263. The van der Waals surface area contributed by atoms with Gasteiger partial charge in [0.2, 0.25) is 5.82 Å². The number of benzene rings is 1. The standard InChI is InChI=1S/C13H13FN4O/c1-8-6-11(18-13(17-8)12(15)19)16-7-9-2-4-10(14)5-3-9/h2-6H,7H2,1H3,(H2,15,19)(H,16,17,18). The maximum atomic E-state index is 12.8. The van der Waals surface area contributed by atoms with E-state index in [0.717, 1.165) is 5.56 Å². The minimum atomic E-state index is -0.673. The fourth-order valence-corrected chi connectivity index (χ4v) is 1.56. The summed E-state index contributed by atoms with van der Waals surface area (Å²) >= 11 is 0. The summed E-state index contributed by atoms with van der Waals surface area (Å²) in [5, 5.41) is 3.04. The van der Waals surface area contributed by atoms with Gasteiger partial charge < -0.3 is 11.1 Å². The lowest BCUT2D eigenvalue weighted by Crippen LogP contribution is -2.17. The average Bonchev–Trinajstić information content (AvgIpc) is 2.37. The highest BCUT2D eigenvalue weighted by Gasteiger charge is 2.07. The molecule has 19 heavy (non-hydrogen) atoms. The van der Waals surface area contributed by atoms with Crippen molar-refractivity contribution < 1.29 is 9.18 Å². The molecule has 0 aliphatic heterocycles. The summed E-state index contributed by atoms with van der Waals surface area (Å²) in [6.45, 7) is 2.21. The van der Waals surface area contributed by atoms with Crippen molar-refractivity contribution in [1.82, 2.24) is 9.97 Å². The van der Waals surface area contributed by atoms with Crippen LogP contribution in [0.3, 0.4) is 0 Å². The highest BCUT2D eigenvalue weighted by Crippen LogP contribution is 2.09. The lowest BCUT2D eigenvalue weighted by atomic mass is 10.2. The number of hydrogen-bond donors (Lipinski definition) is 2. The SMILES string of the molecule is Cc1cc(NCc2ccc(F)cc2)nc(C(N)=O)n1. The molecule has 0 fully saturated rings. The monoisotopic (exact) mass is 260 g/mol. The van der Waals surface area contributed by atoms with E-state index in [0.29, 0.717) is 18.1 Å². The Morgan fingerprint density at radius 2 is 2.00 bits per heavy atom. The minimum Gasteiger partial charge on any atom is -0.366 e. The summed E-state index contributed by atoms with van der Waals surface area (Å²) in [4.78, 5) is 19.0. The zero-order valence-electron chi connectivity index (χ0n) is 10.4. The molecule has 3 N–H and O–H groups in total. The lowest BCUT2D eigenvalue weighted by Gasteiger charge is -2.07. The van der Waals surface area contributed by atoms with Crippen LogP contribution in [0.15, 0.2) is 30.3 Å². The number of nitrogens with zero attached hydrogens (tertiary/aromatic N) is 2. The smallest absolute Gasteiger partial charge is 0.286 e. The second-order valence-electron chi connectivity index (χ2n) is 4.06. The van der Waals surface area contributed by atoms with E-state index in [1.807, 2.05) is 0 Å². The normalized spacial score (nSPS) is 10.2. The zero-order chi connectivity index (χ0) is 13.8. The van der Waals surface area contributed by atoms with Crippen LogP contribution in [0.2, 0.25) is 0 Å². The zero-order valence-corrected chi connectivity index (χ0v) is 10.4. The first-order chi connectivity index (χ1) is 9.04. The van der Waals surface area contributed by atoms with Crippen molar-refractivity contribution in [3.05, 3.63) is 53.2 Å². The van der Waals surface area contributed by atoms with Crippen LogP contribution in [-0.4, -0.2) is 15.9 Å². The highest BCUT2D eigenvalue weighted by atomic mass is 19.1. The average molecular weight is 260 g/mol. The molecule has 1 heterocycles. The van der Waals surface area contributed by atoms with Crippen LogP contribution in [0.4, 0.5) is 10.2 Å². The van der Waals surface area contributed by atoms with Crippen LogP contribution >= 0.6 is 0 Å². The molecule has 2 rings (SSSR count). The molecule has 98 valence electrons. The number of halogens is 1. The fourth-order valence-electron chi connectivity index (χ4n) is 1.56. The molecule has 0 bridgehead atoms. The molecule has 2 aromatic rings. The van der Waals surface area contributed by atoms with Gasteiger partial charge in [-0.2, -0.15) is 0 Å². The number of rotatable bonds is 4.